The molecule has 11 N–H and O–H groups in total. The molecule has 0 saturated carbocycles. The van der Waals surface area contributed by atoms with Crippen LogP contribution < -0.4 is 32.7 Å². The number of nitrogens with one attached hydrogen (secondary N) is 6. The third kappa shape index (κ3) is 10.6. The number of aromatic amines is 2. The summed E-state index contributed by atoms with van der Waals surface area (Å²) in [5, 5.41) is 23.2. The fraction of sp³-hybridized carbons (Fsp3) is 0.238. The second-order valence-corrected chi connectivity index (χ2v) is 14.4. The first-order chi connectivity index (χ1) is 28.0. The molecule has 0 aliphatic heterocycles. The largest absolute Gasteiger partial charge is 0.508 e. The van der Waals surface area contributed by atoms with Crippen molar-refractivity contribution < 1.29 is 29.1 Å². The molecule has 0 fully saturated rings. The lowest BCUT2D eigenvalue weighted by Crippen LogP contribution is -2.59. The Labute approximate surface area is 338 Å². The number of fused-ring (bicyclic) bond motifs is 2. The maximum atomic E-state index is 14.4. The summed E-state index contributed by atoms with van der Waals surface area (Å²) in [6.45, 7) is 0.0437. The van der Waals surface area contributed by atoms with Crippen molar-refractivity contribution >= 4 is 62.9 Å². The van der Waals surface area contributed by atoms with Crippen molar-refractivity contribution in [3.05, 3.63) is 131 Å². The molecule has 0 saturated heterocycles. The van der Waals surface area contributed by atoms with Crippen LogP contribution in [0.1, 0.15) is 28.7 Å². The number of phenolic OH excluding ortho intramolecular Hbond substituents is 1. The minimum absolute atomic E-state index is 0.00110. The number of pyridine rings is 1. The Morgan fingerprint density at radius 2 is 1.19 bits per heavy atom. The van der Waals surface area contributed by atoms with Gasteiger partial charge in [0.25, 0.3) is 0 Å². The number of nitrogens with zero attached hydrogens (tertiary/aromatic N) is 1. The third-order valence-electron chi connectivity index (χ3n) is 9.77. The summed E-state index contributed by atoms with van der Waals surface area (Å²) in [6.07, 6.45) is 6.55. The first kappa shape index (κ1) is 40.9. The maximum absolute atomic E-state index is 14.4. The highest BCUT2D eigenvalue weighted by Gasteiger charge is 2.32. The van der Waals surface area contributed by atoms with Gasteiger partial charge in [0.1, 0.15) is 29.9 Å². The monoisotopic (exact) mass is 805 g/mol. The molecule has 300 valence electrons. The quantitative estimate of drug-likeness (QED) is 0.0623. The van der Waals surface area contributed by atoms with Gasteiger partial charge in [0.05, 0.1) is 0 Å². The van der Waals surface area contributed by atoms with Gasteiger partial charge in [0, 0.05) is 90.3 Å². The van der Waals surface area contributed by atoms with Crippen molar-refractivity contribution in [3.8, 4) is 5.75 Å². The second kappa shape index (κ2) is 19.0. The minimum Gasteiger partial charge on any atom is -0.508 e. The average molecular weight is 806 g/mol. The zero-order chi connectivity index (χ0) is 41.2. The Kier molecular flexibility index (Phi) is 13.4. The van der Waals surface area contributed by atoms with E-state index in [-0.39, 0.29) is 44.4 Å². The molecule has 16 heteroatoms. The molecule has 58 heavy (non-hydrogen) atoms. The summed E-state index contributed by atoms with van der Waals surface area (Å²) in [7, 11) is 0. The molecule has 0 bridgehead atoms. The fourth-order valence-electron chi connectivity index (χ4n) is 6.75. The Hall–Kier alpha value is -6.71. The molecular formula is C42H44ClN9O6. The number of H-pyrrole nitrogens is 2. The third-order valence-corrected chi connectivity index (χ3v) is 10.0. The van der Waals surface area contributed by atoms with E-state index in [9.17, 15) is 29.1 Å². The summed E-state index contributed by atoms with van der Waals surface area (Å²) >= 11 is 6.15. The number of phenols is 1. The number of para-hydroxylation sites is 1. The number of primary amides is 1. The number of nitrogens with two attached hydrogens (primary N) is 2. The van der Waals surface area contributed by atoms with Crippen molar-refractivity contribution in [1.29, 1.82) is 0 Å². The minimum atomic E-state index is -1.26. The fourth-order valence-corrected chi connectivity index (χ4v) is 6.88. The number of hydrogen-bond acceptors (Lipinski definition) is 8. The van der Waals surface area contributed by atoms with E-state index in [1.165, 1.54) is 6.07 Å². The number of aromatic hydroxyl groups is 1. The Bertz CT molecular complexity index is 2400. The van der Waals surface area contributed by atoms with Gasteiger partial charge in [-0.2, -0.15) is 0 Å². The zero-order valence-corrected chi connectivity index (χ0v) is 32.1. The molecule has 6 aromatic rings. The lowest BCUT2D eigenvalue weighted by Gasteiger charge is -2.26. The van der Waals surface area contributed by atoms with Gasteiger partial charge in [-0.25, -0.2) is 0 Å². The highest BCUT2D eigenvalue weighted by atomic mass is 35.5. The number of hydrogen-bond donors (Lipinski definition) is 9. The summed E-state index contributed by atoms with van der Waals surface area (Å²) in [5.41, 5.74) is 15.7. The smallest absolute Gasteiger partial charge is 0.243 e. The predicted octanol–water partition coefficient (Wildman–Crippen LogP) is 2.45. The lowest BCUT2D eigenvalue weighted by atomic mass is 10.00. The topological polar surface area (TPSA) is 250 Å². The predicted molar refractivity (Wildman–Crippen MR) is 219 cm³/mol. The van der Waals surface area contributed by atoms with Crippen molar-refractivity contribution in [2.24, 2.45) is 11.5 Å². The van der Waals surface area contributed by atoms with E-state index in [1.807, 2.05) is 24.3 Å². The van der Waals surface area contributed by atoms with E-state index >= 15 is 0 Å². The highest BCUT2D eigenvalue weighted by Crippen LogP contribution is 2.24. The highest BCUT2D eigenvalue weighted by molar-refractivity contribution is 6.30. The van der Waals surface area contributed by atoms with E-state index in [1.54, 1.807) is 73.3 Å². The first-order valence-electron chi connectivity index (χ1n) is 18.6. The van der Waals surface area contributed by atoms with Crippen LogP contribution in [-0.2, 0) is 49.7 Å². The van der Waals surface area contributed by atoms with Crippen LogP contribution in [0.4, 0.5) is 0 Å². The lowest BCUT2D eigenvalue weighted by molar-refractivity contribution is -0.134. The SMILES string of the molecule is NCCC(=O)N[C@@H](Cc1c[nH]c2ccc(O)cc12)C(=O)N[C@@H](Cc1ccc(Cl)cc1)C(=O)N[C@@H](Cc1ccncc1)C(=O)N[C@H](Cc1c[nH]c2ccccc12)C(N)=O. The zero-order valence-electron chi connectivity index (χ0n) is 31.3. The van der Waals surface area contributed by atoms with Crippen molar-refractivity contribution in [1.82, 2.24) is 36.2 Å². The van der Waals surface area contributed by atoms with Crippen LogP contribution in [0.3, 0.4) is 0 Å². The number of rotatable bonds is 18. The van der Waals surface area contributed by atoms with Crippen LogP contribution in [0.15, 0.2) is 104 Å². The Morgan fingerprint density at radius 1 is 0.655 bits per heavy atom. The molecule has 0 spiro atoms. The molecule has 4 atom stereocenters. The van der Waals surface area contributed by atoms with E-state index in [0.29, 0.717) is 32.6 Å². The summed E-state index contributed by atoms with van der Waals surface area (Å²) in [4.78, 5) is 78.5. The Balaban J connectivity index is 1.27. The molecule has 0 unspecified atom stereocenters. The molecule has 0 aliphatic carbocycles. The molecule has 0 radical (unpaired) electrons. The van der Waals surface area contributed by atoms with Gasteiger partial charge in [0.15, 0.2) is 0 Å². The number of carbonyl (C=O) groups excluding carboxylic acids is 5. The van der Waals surface area contributed by atoms with Gasteiger partial charge in [0.2, 0.25) is 29.5 Å². The molecular weight excluding hydrogens is 762 g/mol. The molecule has 5 amide bonds. The number of benzene rings is 3. The van der Waals surface area contributed by atoms with Crippen LogP contribution >= 0.6 is 11.6 Å². The summed E-state index contributed by atoms with van der Waals surface area (Å²) in [5.74, 6) is -3.31. The summed E-state index contributed by atoms with van der Waals surface area (Å²) in [6, 6.07) is 17.6. The summed E-state index contributed by atoms with van der Waals surface area (Å²) < 4.78 is 0. The standard InChI is InChI=1S/C42H44ClN9O6/c43-28-7-5-24(6-8-28)17-35(52-42(58)37(49-38(54)11-14-44)20-27-23-48-33-10-9-29(53)21-31(27)33)41(57)51-36(18-25-12-15-46-16-13-25)40(56)50-34(39(45)55)19-26-22-47-32-4-2-1-3-30(26)32/h1-10,12-13,15-16,21-23,34-37,47-48,53H,11,14,17-20,44H2,(H2,45,55)(H,49,54)(H,50,56)(H,51,57)(H,52,58)/t34-,35+,36+,37+/m1/s1. The molecule has 3 aromatic carbocycles. The normalized spacial score (nSPS) is 13.3. The van der Waals surface area contributed by atoms with Crippen LogP contribution in [0.25, 0.3) is 21.8 Å². The number of carbonyl (C=O) groups is 5. The van der Waals surface area contributed by atoms with E-state index in [2.05, 4.69) is 36.2 Å². The van der Waals surface area contributed by atoms with Gasteiger partial charge >= 0.3 is 0 Å². The van der Waals surface area contributed by atoms with Crippen LogP contribution in [0.5, 0.6) is 5.75 Å². The maximum Gasteiger partial charge on any atom is 0.243 e. The van der Waals surface area contributed by atoms with Crippen molar-refractivity contribution in [2.75, 3.05) is 6.54 Å². The molecule has 3 aromatic heterocycles. The number of amides is 5. The molecule has 3 heterocycles. The number of halogens is 1. The van der Waals surface area contributed by atoms with Crippen molar-refractivity contribution in [2.45, 2.75) is 56.3 Å². The van der Waals surface area contributed by atoms with E-state index < -0.39 is 53.7 Å². The van der Waals surface area contributed by atoms with Crippen LogP contribution in [0, 0.1) is 0 Å². The molecule has 15 nitrogen and oxygen atoms in total. The molecule has 6 rings (SSSR count). The average Bonchev–Trinajstić information content (AvgIpc) is 3.81. The number of aromatic nitrogens is 3. The van der Waals surface area contributed by atoms with Gasteiger partial charge in [-0.15, -0.1) is 0 Å². The first-order valence-corrected chi connectivity index (χ1v) is 19.0. The van der Waals surface area contributed by atoms with Gasteiger partial charge in [-0.3, -0.25) is 29.0 Å². The van der Waals surface area contributed by atoms with Gasteiger partial charge in [-0.05, 0) is 70.8 Å². The molecule has 0 aliphatic rings. The second-order valence-electron chi connectivity index (χ2n) is 13.9. The van der Waals surface area contributed by atoms with E-state index in [0.717, 1.165) is 16.5 Å². The Morgan fingerprint density at radius 3 is 1.81 bits per heavy atom. The van der Waals surface area contributed by atoms with Gasteiger partial charge in [-0.1, -0.05) is 41.9 Å². The van der Waals surface area contributed by atoms with Gasteiger partial charge < -0.3 is 47.8 Å². The van der Waals surface area contributed by atoms with Crippen LogP contribution in [-0.4, -0.2) is 80.3 Å². The van der Waals surface area contributed by atoms with Crippen LogP contribution in [0.2, 0.25) is 5.02 Å². The van der Waals surface area contributed by atoms with E-state index in [4.69, 9.17) is 23.1 Å². The van der Waals surface area contributed by atoms with Crippen molar-refractivity contribution in [3.63, 3.8) is 0 Å².